The van der Waals surface area contributed by atoms with Crippen molar-refractivity contribution in [3.05, 3.63) is 41.7 Å². The molecule has 0 saturated carbocycles. The molecule has 2 aromatic rings. The van der Waals surface area contributed by atoms with Crippen LogP contribution in [-0.4, -0.2) is 22.0 Å². The van der Waals surface area contributed by atoms with Crippen LogP contribution < -0.4 is 11.1 Å². The van der Waals surface area contributed by atoms with E-state index in [4.69, 9.17) is 5.73 Å². The van der Waals surface area contributed by atoms with Gasteiger partial charge in [0.1, 0.15) is 0 Å². The van der Waals surface area contributed by atoms with Gasteiger partial charge in [-0.1, -0.05) is 5.21 Å². The summed E-state index contributed by atoms with van der Waals surface area (Å²) >= 11 is 0. The Morgan fingerprint density at radius 3 is 2.71 bits per heavy atom. The second-order valence-electron chi connectivity index (χ2n) is 3.41. The van der Waals surface area contributed by atoms with E-state index >= 15 is 0 Å². The molecule has 0 amide bonds. The molecule has 0 unspecified atom stereocenters. The Labute approximate surface area is 99.6 Å². The molecule has 0 aliphatic carbocycles. The van der Waals surface area contributed by atoms with Crippen molar-refractivity contribution in [1.29, 1.82) is 0 Å². The maximum absolute atomic E-state index is 5.48. The van der Waals surface area contributed by atoms with E-state index in [-0.39, 0.29) is 0 Å². The minimum Gasteiger partial charge on any atom is -0.349 e. The molecule has 0 atom stereocenters. The first-order valence-corrected chi connectivity index (χ1v) is 5.23. The van der Waals surface area contributed by atoms with Gasteiger partial charge >= 0.3 is 0 Å². The minimum absolute atomic E-state index is 0.395. The quantitative estimate of drug-likeness (QED) is 0.570. The van der Waals surface area contributed by atoms with Crippen LogP contribution in [0.5, 0.6) is 0 Å². The lowest BCUT2D eigenvalue weighted by atomic mass is 10.2. The second-order valence-corrected chi connectivity index (χ2v) is 3.41. The molecular weight excluding hydrogens is 214 g/mol. The number of nitrogens with one attached hydrogen (secondary N) is 1. The van der Waals surface area contributed by atoms with Crippen molar-refractivity contribution in [2.24, 2.45) is 5.73 Å². The molecule has 0 fully saturated rings. The lowest BCUT2D eigenvalue weighted by molar-refractivity contribution is 0.796. The normalized spacial score (nSPS) is 9.53. The third-order valence-electron chi connectivity index (χ3n) is 2.21. The summed E-state index contributed by atoms with van der Waals surface area (Å²) in [6.45, 7) is 0.395. The molecule has 5 nitrogen and oxygen atoms in total. The van der Waals surface area contributed by atoms with E-state index in [0.29, 0.717) is 6.54 Å². The average molecular weight is 227 g/mol. The molecule has 0 aliphatic heterocycles. The molecule has 0 bridgehead atoms. The predicted molar refractivity (Wildman–Crippen MR) is 65.2 cm³/mol. The van der Waals surface area contributed by atoms with Crippen molar-refractivity contribution < 1.29 is 0 Å². The number of benzene rings is 1. The number of hydrogen-bond donors (Lipinski definition) is 2. The van der Waals surface area contributed by atoms with Crippen molar-refractivity contribution >= 4 is 0 Å². The Balaban J connectivity index is 2.22. The molecule has 0 aliphatic rings. The summed E-state index contributed by atoms with van der Waals surface area (Å²) in [5, 5.41) is 10.7. The SMILES string of the molecule is CNC#Cc1ccc(-n2cc(CN)nn2)cc1. The van der Waals surface area contributed by atoms with Crippen molar-refractivity contribution in [2.75, 3.05) is 7.05 Å². The van der Waals surface area contributed by atoms with Crippen LogP contribution in [0.25, 0.3) is 5.69 Å². The van der Waals surface area contributed by atoms with Gasteiger partial charge in [-0.25, -0.2) is 4.68 Å². The fourth-order valence-electron chi connectivity index (χ4n) is 1.35. The van der Waals surface area contributed by atoms with Crippen molar-refractivity contribution in [1.82, 2.24) is 20.3 Å². The summed E-state index contributed by atoms with van der Waals surface area (Å²) in [4.78, 5) is 0. The zero-order valence-corrected chi connectivity index (χ0v) is 9.51. The lowest BCUT2D eigenvalue weighted by Gasteiger charge is -1.99. The molecule has 0 radical (unpaired) electrons. The molecule has 0 saturated heterocycles. The van der Waals surface area contributed by atoms with Crippen LogP contribution in [0.15, 0.2) is 30.5 Å². The van der Waals surface area contributed by atoms with Crippen LogP contribution in [0, 0.1) is 12.0 Å². The molecule has 1 heterocycles. The van der Waals surface area contributed by atoms with E-state index in [2.05, 4.69) is 27.6 Å². The first kappa shape index (κ1) is 11.2. The summed E-state index contributed by atoms with van der Waals surface area (Å²) in [6, 6.07) is 10.5. The van der Waals surface area contributed by atoms with Gasteiger partial charge in [0.2, 0.25) is 0 Å². The van der Waals surface area contributed by atoms with Gasteiger partial charge < -0.3 is 11.1 Å². The fraction of sp³-hybridized carbons (Fsp3) is 0.167. The van der Waals surface area contributed by atoms with Crippen molar-refractivity contribution in [2.45, 2.75) is 6.54 Å². The Hall–Kier alpha value is -2.32. The molecule has 1 aromatic carbocycles. The second kappa shape index (κ2) is 5.14. The summed E-state index contributed by atoms with van der Waals surface area (Å²) in [5.74, 6) is 2.96. The van der Waals surface area contributed by atoms with Crippen LogP contribution >= 0.6 is 0 Å². The standard InChI is InChI=1S/C12H13N5/c1-14-7-6-10-2-4-12(5-3-10)17-9-11(8-13)15-16-17/h2-5,9,14H,8,13H2,1H3. The summed E-state index contributed by atoms with van der Waals surface area (Å²) < 4.78 is 1.69. The highest BCUT2D eigenvalue weighted by molar-refractivity contribution is 5.41. The van der Waals surface area contributed by atoms with Crippen LogP contribution in [0.1, 0.15) is 11.3 Å². The first-order chi connectivity index (χ1) is 8.33. The minimum atomic E-state index is 0.395. The molecule has 0 spiro atoms. The molecule has 86 valence electrons. The highest BCUT2D eigenvalue weighted by Crippen LogP contribution is 2.08. The Morgan fingerprint density at radius 1 is 1.35 bits per heavy atom. The van der Waals surface area contributed by atoms with Crippen LogP contribution in [0.4, 0.5) is 0 Å². The van der Waals surface area contributed by atoms with E-state index in [1.807, 2.05) is 30.5 Å². The number of aromatic nitrogens is 3. The van der Waals surface area contributed by atoms with Crippen LogP contribution in [0.2, 0.25) is 0 Å². The van der Waals surface area contributed by atoms with Gasteiger partial charge in [0.15, 0.2) is 0 Å². The summed E-state index contributed by atoms with van der Waals surface area (Å²) in [7, 11) is 1.78. The van der Waals surface area contributed by atoms with Crippen LogP contribution in [-0.2, 0) is 6.54 Å². The zero-order valence-electron chi connectivity index (χ0n) is 9.51. The van der Waals surface area contributed by atoms with Crippen molar-refractivity contribution in [3.63, 3.8) is 0 Å². The van der Waals surface area contributed by atoms with Gasteiger partial charge in [-0.15, -0.1) is 5.10 Å². The molecule has 2 rings (SSSR count). The topological polar surface area (TPSA) is 68.8 Å². The van der Waals surface area contributed by atoms with Crippen molar-refractivity contribution in [3.8, 4) is 17.7 Å². The average Bonchev–Trinajstić information content (AvgIpc) is 2.86. The largest absolute Gasteiger partial charge is 0.349 e. The van der Waals surface area contributed by atoms with Gasteiger partial charge in [-0.2, -0.15) is 0 Å². The van der Waals surface area contributed by atoms with Crippen LogP contribution in [0.3, 0.4) is 0 Å². The molecule has 17 heavy (non-hydrogen) atoms. The van der Waals surface area contributed by atoms with E-state index < -0.39 is 0 Å². The number of rotatable bonds is 2. The fourth-order valence-corrected chi connectivity index (χ4v) is 1.35. The first-order valence-electron chi connectivity index (χ1n) is 5.23. The third-order valence-corrected chi connectivity index (χ3v) is 2.21. The highest BCUT2D eigenvalue weighted by atomic mass is 15.4. The lowest BCUT2D eigenvalue weighted by Crippen LogP contribution is -1.96. The summed E-state index contributed by atoms with van der Waals surface area (Å²) in [6.07, 6.45) is 1.81. The Morgan fingerprint density at radius 2 is 2.12 bits per heavy atom. The van der Waals surface area contributed by atoms with E-state index in [9.17, 15) is 0 Å². The maximum Gasteiger partial charge on any atom is 0.0967 e. The van der Waals surface area contributed by atoms with Gasteiger partial charge in [-0.05, 0) is 30.2 Å². The Bertz CT molecular complexity index is 544. The molecular formula is C12H13N5. The van der Waals surface area contributed by atoms with Gasteiger partial charge in [0.25, 0.3) is 0 Å². The predicted octanol–water partition coefficient (Wildman–Crippen LogP) is 0.254. The number of nitrogens with zero attached hydrogens (tertiary/aromatic N) is 3. The number of nitrogens with two attached hydrogens (primary N) is 1. The van der Waals surface area contributed by atoms with E-state index in [1.165, 1.54) is 0 Å². The van der Waals surface area contributed by atoms with E-state index in [0.717, 1.165) is 16.9 Å². The summed E-state index contributed by atoms with van der Waals surface area (Å²) in [5.41, 5.74) is 8.13. The molecule has 3 N–H and O–H groups in total. The van der Waals surface area contributed by atoms with Gasteiger partial charge in [0.05, 0.1) is 17.6 Å². The Kier molecular flexibility index (Phi) is 3.38. The zero-order chi connectivity index (χ0) is 12.1. The van der Waals surface area contributed by atoms with Gasteiger partial charge in [-0.3, -0.25) is 0 Å². The number of hydrogen-bond acceptors (Lipinski definition) is 4. The maximum atomic E-state index is 5.48. The molecule has 1 aromatic heterocycles. The third kappa shape index (κ3) is 2.62. The smallest absolute Gasteiger partial charge is 0.0967 e. The van der Waals surface area contributed by atoms with Gasteiger partial charge in [0, 0.05) is 25.2 Å². The highest BCUT2D eigenvalue weighted by Gasteiger charge is 2.00. The molecule has 5 heteroatoms. The monoisotopic (exact) mass is 227 g/mol. The van der Waals surface area contributed by atoms with E-state index in [1.54, 1.807) is 11.7 Å².